The Balaban J connectivity index is 0.979. The zero-order valence-corrected chi connectivity index (χ0v) is 39.3. The maximum Gasteiger partial charge on any atom is 0.266 e. The van der Waals surface area contributed by atoms with E-state index in [1.165, 1.54) is 9.80 Å². The normalized spacial score (nSPS) is 13.9. The van der Waals surface area contributed by atoms with Gasteiger partial charge in [0, 0.05) is 57.3 Å². The molecule has 0 fully saturated rings. The first-order valence-electron chi connectivity index (χ1n) is 25.1. The average molecular weight is 915 g/mol. The number of anilines is 2. The van der Waals surface area contributed by atoms with Crippen LogP contribution in [0.5, 0.6) is 0 Å². The summed E-state index contributed by atoms with van der Waals surface area (Å²) < 4.78 is 0. The third kappa shape index (κ3) is 6.01. The second-order valence-electron chi connectivity index (χ2n) is 19.4. The van der Waals surface area contributed by atoms with Gasteiger partial charge in [0.25, 0.3) is 23.6 Å². The maximum absolute atomic E-state index is 15.3. The minimum atomic E-state index is -0.366. The first kappa shape index (κ1) is 42.0. The summed E-state index contributed by atoms with van der Waals surface area (Å²) in [5.41, 5.74) is 8.69. The number of unbranched alkanes of at least 4 members (excludes halogenated alkanes) is 6. The third-order valence-corrected chi connectivity index (χ3v) is 15.4. The molecule has 2 aliphatic rings. The minimum Gasteiger partial charge on any atom is -0.268 e. The number of imide groups is 2. The standard InChI is InChI=1S/C62H48N4O4/c1-3-5-7-9-17-35-19-15-25-49-51(35)57(41-21-11-13-23-47(41)63-49)65-59(67)43-31-27-37-39-29-33-45-56-46(34-30-40(54(39)56)38-28-32-44(60(65)68)55(43)53(37)38)62(70)66(61(45)69)58-42-22-12-14-24-48(42)64-50-26-16-20-36(52(50)58)18-10-8-6-4-2/h11-16,19-34H,3-10,17-18H2,1-2H3/p+2. The number of para-hydroxylation sites is 2. The lowest BCUT2D eigenvalue weighted by molar-refractivity contribution is -0.310. The second-order valence-corrected chi connectivity index (χ2v) is 19.4. The van der Waals surface area contributed by atoms with Crippen molar-refractivity contribution in [1.82, 2.24) is 0 Å². The number of aryl methyl sites for hydroxylation is 2. The molecule has 4 amide bonds. The predicted molar refractivity (Wildman–Crippen MR) is 282 cm³/mol. The van der Waals surface area contributed by atoms with Crippen molar-refractivity contribution >= 4 is 122 Å². The molecular formula is C62H50N4O4+2. The number of aromatic amines is 2. The van der Waals surface area contributed by atoms with E-state index in [-0.39, 0.29) is 23.6 Å². The summed E-state index contributed by atoms with van der Waals surface area (Å²) >= 11 is 0. The number of nitrogens with one attached hydrogen (secondary N) is 2. The maximum atomic E-state index is 15.3. The summed E-state index contributed by atoms with van der Waals surface area (Å²) in [6.45, 7) is 4.41. The highest BCUT2D eigenvalue weighted by molar-refractivity contribution is 6.46. The molecule has 70 heavy (non-hydrogen) atoms. The largest absolute Gasteiger partial charge is 0.268 e. The molecule has 13 rings (SSSR count). The summed E-state index contributed by atoms with van der Waals surface area (Å²) in [6, 6.07) is 43.6. The van der Waals surface area contributed by atoms with Crippen LogP contribution in [0.25, 0.3) is 86.7 Å². The van der Waals surface area contributed by atoms with Crippen LogP contribution in [0, 0.1) is 0 Å². The Kier molecular flexibility index (Phi) is 9.77. The van der Waals surface area contributed by atoms with Crippen molar-refractivity contribution in [2.75, 3.05) is 9.80 Å². The van der Waals surface area contributed by atoms with E-state index in [0.29, 0.717) is 44.4 Å². The van der Waals surface area contributed by atoms with Crippen LogP contribution in [-0.2, 0) is 12.8 Å². The van der Waals surface area contributed by atoms with E-state index in [1.807, 2.05) is 109 Å². The van der Waals surface area contributed by atoms with Gasteiger partial charge in [-0.2, -0.15) is 0 Å². The fourth-order valence-corrected chi connectivity index (χ4v) is 12.2. The van der Waals surface area contributed by atoms with Crippen molar-refractivity contribution in [2.45, 2.75) is 78.1 Å². The number of rotatable bonds is 12. The van der Waals surface area contributed by atoms with Crippen LogP contribution in [0.1, 0.15) is 118 Å². The van der Waals surface area contributed by atoms with Crippen molar-refractivity contribution in [1.29, 1.82) is 0 Å². The van der Waals surface area contributed by atoms with Crippen molar-refractivity contribution in [3.05, 3.63) is 167 Å². The number of fused-ring (bicyclic) bond motifs is 6. The van der Waals surface area contributed by atoms with Crippen LogP contribution in [-0.4, -0.2) is 23.6 Å². The van der Waals surface area contributed by atoms with Crippen molar-refractivity contribution in [3.63, 3.8) is 0 Å². The summed E-state index contributed by atoms with van der Waals surface area (Å²) in [6.07, 6.45) is 10.4. The molecule has 0 spiro atoms. The minimum absolute atomic E-state index is 0.366. The van der Waals surface area contributed by atoms with Crippen LogP contribution in [0.15, 0.2) is 133 Å². The topological polar surface area (TPSA) is 103 Å². The number of pyridine rings is 2. The van der Waals surface area contributed by atoms with Crippen molar-refractivity contribution in [2.24, 2.45) is 0 Å². The SMILES string of the molecule is CCCCCCc1cccc2[nH+]c3ccccc3c(N3C(=O)c4ccc5c6ccc7c8c(ccc(c9ccc(c4c59)C3=O)c86)C(=O)N(c3c4ccccc4[nH+]c4cccc(CCCCCC)c34)C7=O)c12. The van der Waals surface area contributed by atoms with Crippen LogP contribution in [0.2, 0.25) is 0 Å². The van der Waals surface area contributed by atoms with Gasteiger partial charge in [-0.05, 0) is 106 Å². The number of aromatic nitrogens is 2. The predicted octanol–water partition coefficient (Wildman–Crippen LogP) is 13.8. The Morgan fingerprint density at radius 1 is 0.329 bits per heavy atom. The van der Waals surface area contributed by atoms with Crippen LogP contribution in [0.3, 0.4) is 0 Å². The second kappa shape index (κ2) is 16.3. The number of hydrogen-bond acceptors (Lipinski definition) is 4. The lowest BCUT2D eigenvalue weighted by Crippen LogP contribution is -2.41. The molecule has 340 valence electrons. The molecule has 0 unspecified atom stereocenters. The van der Waals surface area contributed by atoms with E-state index in [2.05, 4.69) is 48.1 Å². The molecule has 8 heteroatoms. The van der Waals surface area contributed by atoms with E-state index < -0.39 is 0 Å². The van der Waals surface area contributed by atoms with Crippen LogP contribution >= 0.6 is 0 Å². The molecule has 8 nitrogen and oxygen atoms in total. The monoisotopic (exact) mass is 914 g/mol. The first-order valence-corrected chi connectivity index (χ1v) is 25.1. The Labute approximate surface area is 403 Å². The van der Waals surface area contributed by atoms with Gasteiger partial charge >= 0.3 is 0 Å². The quantitative estimate of drug-likeness (QED) is 0.0527. The van der Waals surface area contributed by atoms with Crippen LogP contribution < -0.4 is 19.8 Å². The number of amides is 4. The fraction of sp³-hybridized carbons (Fsp3) is 0.194. The van der Waals surface area contributed by atoms with E-state index in [0.717, 1.165) is 151 Å². The number of nitrogens with zero attached hydrogens (tertiary/aromatic N) is 2. The summed E-state index contributed by atoms with van der Waals surface area (Å²) in [5.74, 6) is -1.46. The molecule has 2 aliphatic heterocycles. The highest BCUT2D eigenvalue weighted by Crippen LogP contribution is 2.49. The van der Waals surface area contributed by atoms with Gasteiger partial charge < -0.3 is 0 Å². The molecule has 2 N–H and O–H groups in total. The first-order chi connectivity index (χ1) is 34.4. The van der Waals surface area contributed by atoms with E-state index in [4.69, 9.17) is 0 Å². The van der Waals surface area contributed by atoms with E-state index in [1.54, 1.807) is 0 Å². The fourth-order valence-electron chi connectivity index (χ4n) is 12.2. The van der Waals surface area contributed by atoms with Gasteiger partial charge in [-0.1, -0.05) is 125 Å². The molecule has 0 radical (unpaired) electrons. The van der Waals surface area contributed by atoms with E-state index in [9.17, 15) is 0 Å². The molecule has 0 saturated heterocycles. The Bertz CT molecular complexity index is 3710. The number of hydrogen-bond donors (Lipinski definition) is 0. The summed E-state index contributed by atoms with van der Waals surface area (Å²) in [5, 5.41) is 9.68. The molecule has 0 bridgehead atoms. The number of H-pyrrole nitrogens is 2. The molecule has 0 atom stereocenters. The van der Waals surface area contributed by atoms with Crippen LogP contribution in [0.4, 0.5) is 11.4 Å². The molecule has 0 aliphatic carbocycles. The molecule has 11 aromatic rings. The number of carbonyl (C=O) groups excluding carboxylic acids is 4. The molecule has 4 heterocycles. The van der Waals surface area contributed by atoms with Gasteiger partial charge in [-0.15, -0.1) is 0 Å². The van der Waals surface area contributed by atoms with E-state index >= 15 is 19.2 Å². The molecule has 0 saturated carbocycles. The lowest BCUT2D eigenvalue weighted by Gasteiger charge is -2.31. The van der Waals surface area contributed by atoms with Gasteiger partial charge in [0.05, 0.1) is 32.9 Å². The number of benzene rings is 9. The van der Waals surface area contributed by atoms with Gasteiger partial charge in [0.1, 0.15) is 0 Å². The highest BCUT2D eigenvalue weighted by atomic mass is 16.2. The molecular weight excluding hydrogens is 865 g/mol. The molecule has 9 aromatic carbocycles. The smallest absolute Gasteiger partial charge is 0.266 e. The Hall–Kier alpha value is -8.10. The zero-order chi connectivity index (χ0) is 47.4. The lowest BCUT2D eigenvalue weighted by atomic mass is 9.82. The average Bonchev–Trinajstić information content (AvgIpc) is 3.39. The third-order valence-electron chi connectivity index (χ3n) is 15.4. The summed E-state index contributed by atoms with van der Waals surface area (Å²) in [7, 11) is 0. The highest BCUT2D eigenvalue weighted by Gasteiger charge is 2.41. The van der Waals surface area contributed by atoms with Crippen molar-refractivity contribution in [3.8, 4) is 0 Å². The van der Waals surface area contributed by atoms with Gasteiger partial charge in [-0.3, -0.25) is 19.2 Å². The van der Waals surface area contributed by atoms with Gasteiger partial charge in [0.2, 0.25) is 22.1 Å². The summed E-state index contributed by atoms with van der Waals surface area (Å²) in [4.78, 5) is 71.3. The molecule has 2 aromatic heterocycles. The Morgan fingerprint density at radius 3 is 1.06 bits per heavy atom. The van der Waals surface area contributed by atoms with Gasteiger partial charge in [0.15, 0.2) is 0 Å². The van der Waals surface area contributed by atoms with Crippen molar-refractivity contribution < 1.29 is 29.1 Å². The zero-order valence-electron chi connectivity index (χ0n) is 39.3. The number of carbonyl (C=O) groups is 4. The van der Waals surface area contributed by atoms with Gasteiger partial charge in [-0.25, -0.2) is 19.8 Å². The Morgan fingerprint density at radius 2 is 0.686 bits per heavy atom.